The average Bonchev–Trinajstić information content (AvgIpc) is 3.48. The lowest BCUT2D eigenvalue weighted by Crippen LogP contribution is -2.60. The number of carbonyl (C=O) groups is 4. The van der Waals surface area contributed by atoms with Crippen LogP contribution in [0, 0.1) is 18.3 Å². The number of hydrogen-bond donors (Lipinski definition) is 5. The summed E-state index contributed by atoms with van der Waals surface area (Å²) in [7, 11) is 0. The summed E-state index contributed by atoms with van der Waals surface area (Å²) in [5.74, 6) is -1.53. The molecule has 2 unspecified atom stereocenters. The number of carboxylic acid groups (broad SMARTS) is 1. The molecule has 5 N–H and O–H groups in total. The number of thiazole rings is 1. The molecule has 4 rings (SSSR count). The quantitative estimate of drug-likeness (QED) is 0.318. The van der Waals surface area contributed by atoms with Crippen LogP contribution >= 0.6 is 11.3 Å². The van der Waals surface area contributed by atoms with Crippen molar-refractivity contribution in [2.24, 2.45) is 11.3 Å². The van der Waals surface area contributed by atoms with Crippen molar-refractivity contribution in [1.29, 1.82) is 0 Å². The van der Waals surface area contributed by atoms with Gasteiger partial charge in [-0.05, 0) is 43.2 Å². The number of nitrogens with one attached hydrogen (secondary N) is 3. The number of aromatic nitrogens is 1. The molecule has 2 heterocycles. The van der Waals surface area contributed by atoms with Crippen molar-refractivity contribution < 1.29 is 29.4 Å². The monoisotopic (exact) mass is 585 g/mol. The number of carbonyl (C=O) groups excluding carboxylic acids is 3. The minimum absolute atomic E-state index is 0.00924. The largest absolute Gasteiger partial charge is 0.465 e. The lowest BCUT2D eigenvalue weighted by molar-refractivity contribution is -0.145. The normalized spacial score (nSPS) is 23.7. The number of aryl methyl sites for hydroxylation is 1. The van der Waals surface area contributed by atoms with Gasteiger partial charge in [-0.1, -0.05) is 45.0 Å². The summed E-state index contributed by atoms with van der Waals surface area (Å²) in [5, 5.41) is 27.5. The number of likely N-dealkylation sites (tertiary alicyclic amines) is 1. The van der Waals surface area contributed by atoms with E-state index in [1.165, 1.54) is 4.90 Å². The van der Waals surface area contributed by atoms with E-state index in [4.69, 9.17) is 5.11 Å². The Morgan fingerprint density at radius 1 is 1.05 bits per heavy atom. The van der Waals surface area contributed by atoms with E-state index in [0.29, 0.717) is 12.8 Å². The Morgan fingerprint density at radius 3 is 2.27 bits per heavy atom. The average molecular weight is 586 g/mol. The first-order valence-corrected chi connectivity index (χ1v) is 14.7. The lowest BCUT2D eigenvalue weighted by Gasteiger charge is -2.39. The second-order valence-corrected chi connectivity index (χ2v) is 13.0. The van der Waals surface area contributed by atoms with E-state index in [1.807, 2.05) is 64.4 Å². The second kappa shape index (κ2) is 12.2. The maximum atomic E-state index is 13.8. The van der Waals surface area contributed by atoms with Crippen molar-refractivity contribution in [2.75, 3.05) is 6.54 Å². The Bertz CT molecular complexity index is 1280. The van der Waals surface area contributed by atoms with Crippen molar-refractivity contribution in [1.82, 2.24) is 25.8 Å². The van der Waals surface area contributed by atoms with E-state index in [1.54, 1.807) is 11.3 Å². The minimum atomic E-state index is -1.13. The van der Waals surface area contributed by atoms with Gasteiger partial charge in [-0.25, -0.2) is 9.78 Å². The number of aliphatic hydroxyl groups excluding tert-OH is 1. The summed E-state index contributed by atoms with van der Waals surface area (Å²) < 4.78 is 0. The summed E-state index contributed by atoms with van der Waals surface area (Å²) in [4.78, 5) is 57.7. The second-order valence-electron chi connectivity index (χ2n) is 12.1. The maximum absolute atomic E-state index is 13.8. The third-order valence-corrected chi connectivity index (χ3v) is 8.86. The lowest BCUT2D eigenvalue weighted by atomic mass is 9.78. The Hall–Kier alpha value is -3.51. The van der Waals surface area contributed by atoms with Gasteiger partial charge in [-0.15, -0.1) is 11.3 Å². The Kier molecular flexibility index (Phi) is 9.03. The Morgan fingerprint density at radius 2 is 1.71 bits per heavy atom. The van der Waals surface area contributed by atoms with Crippen LogP contribution in [0.15, 0.2) is 29.8 Å². The molecule has 1 aliphatic carbocycles. The number of nitrogens with zero attached hydrogens (tertiary/aromatic N) is 2. The van der Waals surface area contributed by atoms with Crippen LogP contribution < -0.4 is 16.0 Å². The maximum Gasteiger partial charge on any atom is 0.404 e. The predicted octanol–water partition coefficient (Wildman–Crippen LogP) is 2.83. The first-order chi connectivity index (χ1) is 19.2. The van der Waals surface area contributed by atoms with E-state index in [2.05, 4.69) is 20.9 Å². The molecule has 12 heteroatoms. The molecule has 222 valence electrons. The third-order valence-electron chi connectivity index (χ3n) is 7.88. The standard InChI is InChI=1S/C29H39N5O6S/c1-15(17-6-8-18(9-7-17)23-16(2)30-14-41-23)31-26(37)22-12-21(35)13-34(22)27(38)24(29(3,4)5)33-25(36)19-10-20(11-19)32-28(39)40/h6-9,14-15,19-22,24,32,35H,10-13H2,1-5H3,(H,31,37)(H,33,36)(H,39,40)/t15?,19?,20?,21-,22+,24?/m1/s1. The Balaban J connectivity index is 1.41. The van der Waals surface area contributed by atoms with Gasteiger partial charge in [-0.3, -0.25) is 14.4 Å². The zero-order valence-electron chi connectivity index (χ0n) is 24.0. The third kappa shape index (κ3) is 7.05. The Labute approximate surface area is 243 Å². The molecule has 1 aromatic heterocycles. The molecule has 1 saturated carbocycles. The molecule has 0 radical (unpaired) electrons. The molecule has 1 aromatic carbocycles. The molecule has 0 spiro atoms. The summed E-state index contributed by atoms with van der Waals surface area (Å²) in [6.45, 7) is 9.30. The molecular weight excluding hydrogens is 546 g/mol. The number of hydrogen-bond acceptors (Lipinski definition) is 7. The van der Waals surface area contributed by atoms with Gasteiger partial charge in [0, 0.05) is 24.9 Å². The van der Waals surface area contributed by atoms with Gasteiger partial charge in [0.15, 0.2) is 0 Å². The van der Waals surface area contributed by atoms with E-state index < -0.39 is 41.5 Å². The van der Waals surface area contributed by atoms with Crippen molar-refractivity contribution in [2.45, 2.75) is 84.2 Å². The van der Waals surface area contributed by atoms with E-state index >= 15 is 0 Å². The minimum Gasteiger partial charge on any atom is -0.465 e. The van der Waals surface area contributed by atoms with Crippen LogP contribution in [0.25, 0.3) is 10.4 Å². The molecule has 2 aromatic rings. The van der Waals surface area contributed by atoms with Crippen LogP contribution in [0.2, 0.25) is 0 Å². The molecule has 2 aliphatic rings. The van der Waals surface area contributed by atoms with Gasteiger partial charge < -0.3 is 31.1 Å². The summed E-state index contributed by atoms with van der Waals surface area (Å²) in [6.07, 6.45) is -1.17. The fourth-order valence-corrected chi connectivity index (χ4v) is 6.21. The van der Waals surface area contributed by atoms with Crippen LogP contribution in [-0.2, 0) is 14.4 Å². The highest BCUT2D eigenvalue weighted by atomic mass is 32.1. The number of aliphatic hydroxyl groups is 1. The molecule has 4 atom stereocenters. The summed E-state index contributed by atoms with van der Waals surface area (Å²) in [5.41, 5.74) is 4.05. The summed E-state index contributed by atoms with van der Waals surface area (Å²) >= 11 is 1.57. The molecular formula is C29H39N5O6S. The smallest absolute Gasteiger partial charge is 0.404 e. The van der Waals surface area contributed by atoms with Gasteiger partial charge in [0.1, 0.15) is 12.1 Å². The molecule has 1 saturated heterocycles. The van der Waals surface area contributed by atoms with Gasteiger partial charge in [-0.2, -0.15) is 0 Å². The first-order valence-electron chi connectivity index (χ1n) is 13.8. The van der Waals surface area contributed by atoms with Crippen LogP contribution in [-0.4, -0.2) is 74.7 Å². The molecule has 11 nitrogen and oxygen atoms in total. The van der Waals surface area contributed by atoms with Crippen LogP contribution in [0.4, 0.5) is 4.79 Å². The van der Waals surface area contributed by atoms with Crippen molar-refractivity contribution in [3.8, 4) is 10.4 Å². The number of rotatable bonds is 8. The molecule has 0 bridgehead atoms. The number of benzene rings is 1. The summed E-state index contributed by atoms with van der Waals surface area (Å²) in [6, 6.07) is 5.46. The highest BCUT2D eigenvalue weighted by molar-refractivity contribution is 7.13. The van der Waals surface area contributed by atoms with Gasteiger partial charge in [0.05, 0.1) is 28.2 Å². The SMILES string of the molecule is Cc1ncsc1-c1ccc(C(C)NC(=O)[C@@H]2C[C@@H](O)CN2C(=O)C(NC(=O)C2CC(NC(=O)O)C2)C(C)(C)C)cc1. The zero-order valence-corrected chi connectivity index (χ0v) is 24.8. The van der Waals surface area contributed by atoms with Crippen LogP contribution in [0.3, 0.4) is 0 Å². The van der Waals surface area contributed by atoms with Crippen molar-refractivity contribution >= 4 is 35.2 Å². The van der Waals surface area contributed by atoms with Gasteiger partial charge in [0.2, 0.25) is 17.7 Å². The van der Waals surface area contributed by atoms with Crippen LogP contribution in [0.1, 0.15) is 64.3 Å². The van der Waals surface area contributed by atoms with Crippen molar-refractivity contribution in [3.63, 3.8) is 0 Å². The first kappa shape index (κ1) is 30.4. The van der Waals surface area contributed by atoms with Crippen LogP contribution in [0.5, 0.6) is 0 Å². The van der Waals surface area contributed by atoms with E-state index in [0.717, 1.165) is 21.7 Å². The zero-order chi connectivity index (χ0) is 30.1. The fraction of sp³-hybridized carbons (Fsp3) is 0.552. The number of amides is 4. The van der Waals surface area contributed by atoms with E-state index in [9.17, 15) is 24.3 Å². The number of β-amino-alcohol motifs (C(OH)–C–C–N with tert-alkyl or cyclic N) is 1. The van der Waals surface area contributed by atoms with E-state index in [-0.39, 0.29) is 36.9 Å². The highest BCUT2D eigenvalue weighted by Gasteiger charge is 2.46. The topological polar surface area (TPSA) is 161 Å². The van der Waals surface area contributed by atoms with Gasteiger partial charge in [0.25, 0.3) is 0 Å². The highest BCUT2D eigenvalue weighted by Crippen LogP contribution is 2.31. The molecule has 41 heavy (non-hydrogen) atoms. The molecule has 1 aliphatic heterocycles. The molecule has 4 amide bonds. The molecule has 2 fully saturated rings. The van der Waals surface area contributed by atoms with Gasteiger partial charge >= 0.3 is 6.09 Å². The fourth-order valence-electron chi connectivity index (χ4n) is 5.40. The van der Waals surface area contributed by atoms with Crippen molar-refractivity contribution in [3.05, 3.63) is 41.0 Å². The predicted molar refractivity (Wildman–Crippen MR) is 154 cm³/mol.